The Morgan fingerprint density at radius 1 is 1.15 bits per heavy atom. The first kappa shape index (κ1) is 22.5. The highest BCUT2D eigenvalue weighted by Gasteiger charge is 2.50. The molecule has 0 N–H and O–H groups in total. The summed E-state index contributed by atoms with van der Waals surface area (Å²) in [5.41, 5.74) is -0.146. The van der Waals surface area contributed by atoms with Crippen molar-refractivity contribution >= 4 is 39.0 Å². The number of alkyl halides is 1. The number of benzene rings is 1. The molecule has 1 saturated carbocycles. The van der Waals surface area contributed by atoms with Gasteiger partial charge in [-0.05, 0) is 42.6 Å². The number of thiol groups is 1. The van der Waals surface area contributed by atoms with Crippen LogP contribution < -0.4 is 15.6 Å². The summed E-state index contributed by atoms with van der Waals surface area (Å²) in [5, 5.41) is 6.07. The van der Waals surface area contributed by atoms with Crippen molar-refractivity contribution in [2.24, 2.45) is 7.05 Å². The molecule has 3 aromatic heterocycles. The third-order valence-electron chi connectivity index (χ3n) is 6.06. The van der Waals surface area contributed by atoms with E-state index in [9.17, 15) is 22.4 Å². The first-order valence-corrected chi connectivity index (χ1v) is 12.4. The topological polar surface area (TPSA) is 112 Å². The van der Waals surface area contributed by atoms with E-state index in [-0.39, 0.29) is 24.2 Å². The van der Waals surface area contributed by atoms with Crippen molar-refractivity contribution in [2.75, 3.05) is 11.0 Å². The lowest BCUT2D eigenvalue weighted by Gasteiger charge is -2.26. The molecule has 1 aliphatic rings. The van der Waals surface area contributed by atoms with Crippen LogP contribution in [0.3, 0.4) is 0 Å². The standard InChI is InChI=1S/C21H21FN6O4S2/c1-25-9-14(7-23-25)10-27-19(29)17-6-16(28(34(31)32)21(13-22)4-5-21)2-3-18(17)26(20(27)30)11-15-8-24-33-12-15/h2-3,6-9,12,34H,4-5,10-11,13H2,1H3. The number of aryl methyl sites for hydroxylation is 1. The molecule has 3 heterocycles. The van der Waals surface area contributed by atoms with Crippen LogP contribution >= 0.6 is 11.5 Å². The monoisotopic (exact) mass is 504 g/mol. The molecule has 0 aliphatic heterocycles. The maximum Gasteiger partial charge on any atom is 0.332 e. The first-order valence-electron chi connectivity index (χ1n) is 10.5. The zero-order valence-electron chi connectivity index (χ0n) is 18.1. The van der Waals surface area contributed by atoms with E-state index in [2.05, 4.69) is 9.47 Å². The highest BCUT2D eigenvalue weighted by Crippen LogP contribution is 2.45. The summed E-state index contributed by atoms with van der Waals surface area (Å²) in [6.45, 7) is -0.627. The van der Waals surface area contributed by atoms with E-state index in [0.717, 1.165) is 14.4 Å². The second-order valence-electron chi connectivity index (χ2n) is 8.42. The highest BCUT2D eigenvalue weighted by molar-refractivity contribution is 7.74. The van der Waals surface area contributed by atoms with E-state index in [1.807, 2.05) is 5.38 Å². The van der Waals surface area contributed by atoms with Gasteiger partial charge in [0.25, 0.3) is 5.56 Å². The van der Waals surface area contributed by atoms with Crippen LogP contribution in [0.2, 0.25) is 0 Å². The van der Waals surface area contributed by atoms with Crippen molar-refractivity contribution in [3.63, 3.8) is 0 Å². The minimum Gasteiger partial charge on any atom is -0.289 e. The molecule has 0 bridgehead atoms. The molecule has 0 unspecified atom stereocenters. The fourth-order valence-corrected chi connectivity index (χ4v) is 5.59. The average molecular weight is 505 g/mol. The molecule has 0 radical (unpaired) electrons. The largest absolute Gasteiger partial charge is 0.332 e. The molecular formula is C21H21FN6O4S2. The fourth-order valence-electron chi connectivity index (χ4n) is 4.15. The van der Waals surface area contributed by atoms with Gasteiger partial charge in [0, 0.05) is 35.9 Å². The molecule has 4 aromatic rings. The summed E-state index contributed by atoms with van der Waals surface area (Å²) in [6.07, 6.45) is 5.74. The van der Waals surface area contributed by atoms with Crippen LogP contribution in [0.1, 0.15) is 24.0 Å². The second kappa shape index (κ2) is 8.47. The van der Waals surface area contributed by atoms with Crippen molar-refractivity contribution in [3.05, 3.63) is 74.1 Å². The van der Waals surface area contributed by atoms with Crippen molar-refractivity contribution in [3.8, 4) is 0 Å². The van der Waals surface area contributed by atoms with Gasteiger partial charge in [0.05, 0.1) is 41.4 Å². The Kier molecular flexibility index (Phi) is 5.60. The van der Waals surface area contributed by atoms with Gasteiger partial charge >= 0.3 is 5.69 Å². The summed E-state index contributed by atoms with van der Waals surface area (Å²) in [7, 11) is -1.40. The van der Waals surface area contributed by atoms with Gasteiger partial charge in [0.15, 0.2) is 0 Å². The molecule has 1 fully saturated rings. The zero-order chi connectivity index (χ0) is 24.0. The Labute approximate surface area is 198 Å². The zero-order valence-corrected chi connectivity index (χ0v) is 19.8. The summed E-state index contributed by atoms with van der Waals surface area (Å²) in [5.74, 6) is 0. The molecule has 0 atom stereocenters. The van der Waals surface area contributed by atoms with E-state index < -0.39 is 34.4 Å². The van der Waals surface area contributed by atoms with E-state index in [1.54, 1.807) is 36.4 Å². The number of fused-ring (bicyclic) bond motifs is 1. The van der Waals surface area contributed by atoms with Crippen LogP contribution in [0, 0.1) is 0 Å². The lowest BCUT2D eigenvalue weighted by molar-refractivity contribution is 0.417. The summed E-state index contributed by atoms with van der Waals surface area (Å²) in [4.78, 5) is 26.9. The number of halogens is 1. The van der Waals surface area contributed by atoms with Gasteiger partial charge in [-0.25, -0.2) is 22.0 Å². The smallest absolute Gasteiger partial charge is 0.289 e. The molecule has 178 valence electrons. The predicted molar refractivity (Wildman–Crippen MR) is 127 cm³/mol. The molecule has 13 heteroatoms. The Hall–Kier alpha value is -3.32. The summed E-state index contributed by atoms with van der Waals surface area (Å²) >= 11 is 1.25. The molecule has 1 aromatic carbocycles. The van der Waals surface area contributed by atoms with Gasteiger partial charge in [-0.1, -0.05) is 0 Å². The number of aromatic nitrogens is 5. The van der Waals surface area contributed by atoms with E-state index >= 15 is 0 Å². The van der Waals surface area contributed by atoms with Gasteiger partial charge in [-0.3, -0.25) is 22.9 Å². The van der Waals surface area contributed by atoms with Gasteiger partial charge < -0.3 is 0 Å². The second-order valence-corrected chi connectivity index (χ2v) is 9.96. The third-order valence-corrected chi connectivity index (χ3v) is 7.68. The predicted octanol–water partition coefficient (Wildman–Crippen LogP) is 1.28. The molecule has 1 aliphatic carbocycles. The number of anilines is 1. The van der Waals surface area contributed by atoms with E-state index in [1.165, 1.54) is 28.2 Å². The third kappa shape index (κ3) is 3.84. The van der Waals surface area contributed by atoms with Gasteiger partial charge in [-0.15, -0.1) is 0 Å². The fraction of sp³-hybridized carbons (Fsp3) is 0.333. The number of hydrogen-bond donors (Lipinski definition) is 1. The number of hydrogen-bond acceptors (Lipinski definition) is 7. The van der Waals surface area contributed by atoms with Crippen LogP contribution in [-0.2, 0) is 31.0 Å². The Morgan fingerprint density at radius 3 is 2.50 bits per heavy atom. The number of nitrogens with zero attached hydrogens (tertiary/aromatic N) is 6. The Bertz CT molecular complexity index is 1560. The van der Waals surface area contributed by atoms with Gasteiger partial charge in [0.2, 0.25) is 10.9 Å². The molecule has 0 saturated heterocycles. The van der Waals surface area contributed by atoms with Crippen LogP contribution in [0.25, 0.3) is 10.9 Å². The summed E-state index contributed by atoms with van der Waals surface area (Å²) < 4.78 is 47.1. The molecular weight excluding hydrogens is 483 g/mol. The summed E-state index contributed by atoms with van der Waals surface area (Å²) in [6, 6.07) is 4.48. The van der Waals surface area contributed by atoms with Crippen molar-refractivity contribution in [1.82, 2.24) is 23.3 Å². The quantitative estimate of drug-likeness (QED) is 0.362. The van der Waals surface area contributed by atoms with Crippen LogP contribution in [0.5, 0.6) is 0 Å². The SMILES string of the molecule is Cn1cc(Cn2c(=O)c3cc(N([SH](=O)=O)C4(CF)CC4)ccc3n(Cc3cnsc3)c2=O)cn1. The Balaban J connectivity index is 1.72. The van der Waals surface area contributed by atoms with E-state index in [4.69, 9.17) is 0 Å². The van der Waals surface area contributed by atoms with Gasteiger partial charge in [0.1, 0.15) is 6.67 Å². The number of rotatable bonds is 8. The first-order chi connectivity index (χ1) is 16.3. The van der Waals surface area contributed by atoms with Crippen molar-refractivity contribution in [1.29, 1.82) is 0 Å². The van der Waals surface area contributed by atoms with E-state index in [0.29, 0.717) is 23.9 Å². The lowest BCUT2D eigenvalue weighted by atomic mass is 10.1. The molecule has 5 rings (SSSR count). The lowest BCUT2D eigenvalue weighted by Crippen LogP contribution is -2.41. The Morgan fingerprint density at radius 2 is 1.91 bits per heavy atom. The van der Waals surface area contributed by atoms with Crippen molar-refractivity contribution in [2.45, 2.75) is 31.5 Å². The average Bonchev–Trinajstić information content (AvgIpc) is 3.20. The van der Waals surface area contributed by atoms with Crippen LogP contribution in [0.4, 0.5) is 10.1 Å². The molecule has 10 nitrogen and oxygen atoms in total. The van der Waals surface area contributed by atoms with Gasteiger partial charge in [-0.2, -0.15) is 5.10 Å². The maximum absolute atomic E-state index is 13.7. The minimum absolute atomic E-state index is 0.00150. The highest BCUT2D eigenvalue weighted by atomic mass is 32.2. The van der Waals surface area contributed by atoms with Crippen LogP contribution in [-0.4, -0.2) is 43.9 Å². The molecule has 34 heavy (non-hydrogen) atoms. The van der Waals surface area contributed by atoms with Crippen molar-refractivity contribution < 1.29 is 12.8 Å². The minimum atomic E-state index is -3.13. The molecule has 0 spiro atoms. The van der Waals surface area contributed by atoms with Crippen LogP contribution in [0.15, 0.2) is 51.8 Å². The molecule has 0 amide bonds. The maximum atomic E-state index is 13.7. The normalized spacial score (nSPS) is 14.7.